The molecule has 0 radical (unpaired) electrons. The van der Waals surface area contributed by atoms with E-state index in [1.807, 2.05) is 6.07 Å². The van der Waals surface area contributed by atoms with Crippen LogP contribution in [0, 0.1) is 0 Å². The molecule has 0 aliphatic carbocycles. The van der Waals surface area contributed by atoms with Crippen molar-refractivity contribution in [1.82, 2.24) is 10.3 Å². The number of rotatable bonds is 10. The lowest BCUT2D eigenvalue weighted by molar-refractivity contribution is -0.123. The summed E-state index contributed by atoms with van der Waals surface area (Å²) < 4.78 is 16.5. The van der Waals surface area contributed by atoms with Gasteiger partial charge in [0.1, 0.15) is 0 Å². The van der Waals surface area contributed by atoms with Gasteiger partial charge in [0.2, 0.25) is 5.75 Å². The van der Waals surface area contributed by atoms with Crippen molar-refractivity contribution in [2.24, 2.45) is 0 Å². The predicted molar refractivity (Wildman–Crippen MR) is 131 cm³/mol. The number of nitrogens with zero attached hydrogens (tertiary/aromatic N) is 1. The summed E-state index contributed by atoms with van der Waals surface area (Å²) >= 11 is 18.5. The summed E-state index contributed by atoms with van der Waals surface area (Å²) in [6, 6.07) is 10.3. The number of benzene rings is 2. The number of nitrogens with one attached hydrogen (secondary N) is 1. The SMILES string of the molecule is COc1ccc(C(=O)Cc2c(Cl)cncc2Cl)c(OCC(=O)NCc2ccccc2Cl)c1OC. The number of pyridine rings is 1. The molecule has 0 unspecified atom stereocenters. The summed E-state index contributed by atoms with van der Waals surface area (Å²) in [7, 11) is 2.86. The van der Waals surface area contributed by atoms with Gasteiger partial charge in [0.25, 0.3) is 5.91 Å². The summed E-state index contributed by atoms with van der Waals surface area (Å²) in [5, 5.41) is 3.81. The lowest BCUT2D eigenvalue weighted by Gasteiger charge is -2.17. The second kappa shape index (κ2) is 11.9. The predicted octanol–water partition coefficient (Wildman–Crippen LogP) is 5.18. The Morgan fingerprint density at radius 2 is 1.62 bits per heavy atom. The lowest BCUT2D eigenvalue weighted by atomic mass is 10.0. The maximum Gasteiger partial charge on any atom is 0.258 e. The number of Topliss-reactive ketones (excluding diaryl/α,β-unsaturated/α-hetero) is 1. The fraction of sp³-hybridized carbons (Fsp3) is 0.208. The highest BCUT2D eigenvalue weighted by molar-refractivity contribution is 6.36. The van der Waals surface area contributed by atoms with Crippen LogP contribution in [0.15, 0.2) is 48.8 Å². The zero-order chi connectivity index (χ0) is 24.7. The second-order valence-electron chi connectivity index (χ2n) is 7.02. The number of carbonyl (C=O) groups is 2. The van der Waals surface area contributed by atoms with Crippen LogP contribution in [0.2, 0.25) is 15.1 Å². The standard InChI is InChI=1S/C24H21Cl3N2O5/c1-32-21-8-7-15(20(30)9-16-18(26)11-28-12-19(16)27)23(24(21)33-2)34-13-22(31)29-10-14-5-3-4-6-17(14)25/h3-8,11-12H,9-10,13H2,1-2H3,(H,29,31). The molecule has 0 saturated heterocycles. The highest BCUT2D eigenvalue weighted by Gasteiger charge is 2.23. The number of ether oxygens (including phenoxy) is 3. The van der Waals surface area contributed by atoms with Gasteiger partial charge in [0.05, 0.1) is 29.8 Å². The number of ketones is 1. The van der Waals surface area contributed by atoms with E-state index in [1.165, 1.54) is 32.7 Å². The van der Waals surface area contributed by atoms with Crippen LogP contribution in [0.25, 0.3) is 0 Å². The third-order valence-corrected chi connectivity index (χ3v) is 5.89. The molecule has 1 aromatic heterocycles. The molecule has 0 spiro atoms. The number of hydrogen-bond acceptors (Lipinski definition) is 6. The van der Waals surface area contributed by atoms with Crippen molar-refractivity contribution in [2.45, 2.75) is 13.0 Å². The first-order valence-electron chi connectivity index (χ1n) is 10.0. The van der Waals surface area contributed by atoms with Crippen molar-refractivity contribution in [3.63, 3.8) is 0 Å². The largest absolute Gasteiger partial charge is 0.493 e. The Balaban J connectivity index is 1.81. The van der Waals surface area contributed by atoms with Gasteiger partial charge < -0.3 is 19.5 Å². The van der Waals surface area contributed by atoms with Crippen LogP contribution in [-0.4, -0.2) is 37.5 Å². The molecule has 34 heavy (non-hydrogen) atoms. The van der Waals surface area contributed by atoms with E-state index in [4.69, 9.17) is 49.0 Å². The van der Waals surface area contributed by atoms with E-state index in [1.54, 1.807) is 24.3 Å². The number of methoxy groups -OCH3 is 2. The van der Waals surface area contributed by atoms with E-state index in [-0.39, 0.29) is 52.5 Å². The maximum atomic E-state index is 13.2. The monoisotopic (exact) mass is 522 g/mol. The smallest absolute Gasteiger partial charge is 0.258 e. The fourth-order valence-electron chi connectivity index (χ4n) is 3.15. The molecule has 0 saturated carbocycles. The van der Waals surface area contributed by atoms with Gasteiger partial charge >= 0.3 is 0 Å². The lowest BCUT2D eigenvalue weighted by Crippen LogP contribution is -2.29. The van der Waals surface area contributed by atoms with Gasteiger partial charge in [-0.05, 0) is 23.8 Å². The molecule has 10 heteroatoms. The molecule has 0 aliphatic heterocycles. The molecule has 0 aliphatic rings. The number of hydrogen-bond donors (Lipinski definition) is 1. The molecule has 1 heterocycles. The summed E-state index contributed by atoms with van der Waals surface area (Å²) in [5.41, 5.74) is 1.38. The Labute approximate surface area is 211 Å². The topological polar surface area (TPSA) is 86.8 Å². The van der Waals surface area contributed by atoms with Gasteiger partial charge in [0.15, 0.2) is 23.9 Å². The normalized spacial score (nSPS) is 10.5. The average Bonchev–Trinajstić information content (AvgIpc) is 2.83. The highest BCUT2D eigenvalue weighted by Crippen LogP contribution is 2.41. The Bertz CT molecular complexity index is 1180. The minimum atomic E-state index is -0.414. The van der Waals surface area contributed by atoms with Crippen LogP contribution in [0.5, 0.6) is 17.2 Å². The molecule has 3 aromatic rings. The average molecular weight is 524 g/mol. The van der Waals surface area contributed by atoms with E-state index in [9.17, 15) is 9.59 Å². The van der Waals surface area contributed by atoms with Crippen LogP contribution in [-0.2, 0) is 17.8 Å². The Morgan fingerprint density at radius 1 is 0.912 bits per heavy atom. The summed E-state index contributed by atoms with van der Waals surface area (Å²) in [6.45, 7) is -0.146. The number of amides is 1. The molecule has 1 amide bonds. The first-order valence-corrected chi connectivity index (χ1v) is 11.2. The number of aromatic nitrogens is 1. The molecular formula is C24H21Cl3N2O5. The zero-order valence-electron chi connectivity index (χ0n) is 18.4. The quantitative estimate of drug-likeness (QED) is 0.369. The molecular weight excluding hydrogens is 503 g/mol. The molecule has 0 atom stereocenters. The molecule has 3 rings (SSSR count). The number of halogens is 3. The first-order chi connectivity index (χ1) is 16.3. The summed E-state index contributed by atoms with van der Waals surface area (Å²) in [4.78, 5) is 29.5. The van der Waals surface area contributed by atoms with Crippen LogP contribution in [0.4, 0.5) is 0 Å². The van der Waals surface area contributed by atoms with E-state index in [2.05, 4.69) is 10.3 Å². The van der Waals surface area contributed by atoms with Crippen LogP contribution >= 0.6 is 34.8 Å². The van der Waals surface area contributed by atoms with Crippen LogP contribution < -0.4 is 19.5 Å². The van der Waals surface area contributed by atoms with Crippen LogP contribution in [0.3, 0.4) is 0 Å². The van der Waals surface area contributed by atoms with Gasteiger partial charge in [-0.25, -0.2) is 0 Å². The Morgan fingerprint density at radius 3 is 2.26 bits per heavy atom. The minimum absolute atomic E-state index is 0.0704. The summed E-state index contributed by atoms with van der Waals surface area (Å²) in [6.07, 6.45) is 2.71. The number of carbonyl (C=O) groups excluding carboxylic acids is 2. The molecule has 1 N–H and O–H groups in total. The van der Waals surface area contributed by atoms with Crippen molar-refractivity contribution in [1.29, 1.82) is 0 Å². The van der Waals surface area contributed by atoms with Gasteiger partial charge in [-0.3, -0.25) is 14.6 Å². The van der Waals surface area contributed by atoms with E-state index >= 15 is 0 Å². The van der Waals surface area contributed by atoms with Gasteiger partial charge in [-0.15, -0.1) is 0 Å². The van der Waals surface area contributed by atoms with E-state index in [0.717, 1.165) is 5.56 Å². The van der Waals surface area contributed by atoms with E-state index in [0.29, 0.717) is 16.3 Å². The van der Waals surface area contributed by atoms with Crippen molar-refractivity contribution in [3.8, 4) is 17.2 Å². The third kappa shape index (κ3) is 6.11. The molecule has 2 aromatic carbocycles. The fourth-order valence-corrected chi connectivity index (χ4v) is 3.85. The zero-order valence-corrected chi connectivity index (χ0v) is 20.6. The van der Waals surface area contributed by atoms with Gasteiger partial charge in [-0.2, -0.15) is 0 Å². The molecule has 7 nitrogen and oxygen atoms in total. The van der Waals surface area contributed by atoms with Crippen molar-refractivity contribution in [3.05, 3.63) is 80.6 Å². The van der Waals surface area contributed by atoms with Crippen LogP contribution in [0.1, 0.15) is 21.5 Å². The van der Waals surface area contributed by atoms with Crippen molar-refractivity contribution >= 4 is 46.5 Å². The third-order valence-electron chi connectivity index (χ3n) is 4.87. The molecule has 178 valence electrons. The molecule has 0 bridgehead atoms. The Kier molecular flexibility index (Phi) is 8.98. The van der Waals surface area contributed by atoms with Crippen molar-refractivity contribution in [2.75, 3.05) is 20.8 Å². The minimum Gasteiger partial charge on any atom is -0.493 e. The second-order valence-corrected chi connectivity index (χ2v) is 8.24. The molecule has 0 fully saturated rings. The van der Waals surface area contributed by atoms with Gasteiger partial charge in [0, 0.05) is 35.9 Å². The summed E-state index contributed by atoms with van der Waals surface area (Å²) in [5.74, 6) is -0.170. The van der Waals surface area contributed by atoms with Crippen molar-refractivity contribution < 1.29 is 23.8 Å². The first kappa shape index (κ1) is 25.6. The maximum absolute atomic E-state index is 13.2. The Hall–Kier alpha value is -3.00. The van der Waals surface area contributed by atoms with E-state index < -0.39 is 5.91 Å². The highest BCUT2D eigenvalue weighted by atomic mass is 35.5. The van der Waals surface area contributed by atoms with Gasteiger partial charge in [-0.1, -0.05) is 53.0 Å².